The van der Waals surface area contributed by atoms with Crippen LogP contribution in [0, 0.1) is 5.41 Å². The van der Waals surface area contributed by atoms with E-state index in [-0.39, 0.29) is 11.5 Å². The van der Waals surface area contributed by atoms with Gasteiger partial charge in [0, 0.05) is 18.7 Å². The van der Waals surface area contributed by atoms with E-state index in [0.29, 0.717) is 12.2 Å². The number of rotatable bonds is 7. The number of benzene rings is 1. The number of hydrogen-bond acceptors (Lipinski definition) is 5. The van der Waals surface area contributed by atoms with E-state index in [0.717, 1.165) is 57.6 Å². The highest BCUT2D eigenvalue weighted by Crippen LogP contribution is 2.39. The van der Waals surface area contributed by atoms with Crippen LogP contribution in [0.5, 0.6) is 5.75 Å². The molecule has 3 rings (SSSR count). The Morgan fingerprint density at radius 2 is 1.96 bits per heavy atom. The highest BCUT2D eigenvalue weighted by atomic mass is 16.5. The van der Waals surface area contributed by atoms with Crippen LogP contribution < -0.4 is 15.8 Å². The molecule has 4 N–H and O–H groups in total. The van der Waals surface area contributed by atoms with Gasteiger partial charge in [0.15, 0.2) is 0 Å². The molecule has 0 aromatic heterocycles. The minimum Gasteiger partial charge on any atom is -0.494 e. The van der Waals surface area contributed by atoms with Gasteiger partial charge in [-0.25, -0.2) is 0 Å². The number of nitrogens with one attached hydrogen (secondary N) is 1. The van der Waals surface area contributed by atoms with Crippen molar-refractivity contribution in [2.45, 2.75) is 31.7 Å². The lowest BCUT2D eigenvalue weighted by molar-refractivity contribution is -0.139. The van der Waals surface area contributed by atoms with Crippen molar-refractivity contribution in [1.29, 1.82) is 0 Å². The van der Waals surface area contributed by atoms with Crippen LogP contribution in [0.4, 0.5) is 0 Å². The molecule has 1 amide bonds. The lowest BCUT2D eigenvalue weighted by atomic mass is 9.76. The van der Waals surface area contributed by atoms with Gasteiger partial charge in [-0.1, -0.05) is 0 Å². The lowest BCUT2D eigenvalue weighted by Crippen LogP contribution is -2.41. The topological polar surface area (TPSA) is 105 Å². The molecule has 1 aromatic carbocycles. The SMILES string of the molecule is NC(=O)c1ccc(OCCCN2CCC3(CC2)CNC(C(=O)O)C3)cc1. The molecule has 7 nitrogen and oxygen atoms in total. The van der Waals surface area contributed by atoms with Crippen molar-refractivity contribution in [3.63, 3.8) is 0 Å². The monoisotopic (exact) mass is 361 g/mol. The van der Waals surface area contributed by atoms with Crippen molar-refractivity contribution in [1.82, 2.24) is 10.2 Å². The molecule has 0 bridgehead atoms. The molecular weight excluding hydrogens is 334 g/mol. The number of carboxylic acid groups (broad SMARTS) is 1. The van der Waals surface area contributed by atoms with E-state index in [1.165, 1.54) is 0 Å². The van der Waals surface area contributed by atoms with Crippen LogP contribution in [0.3, 0.4) is 0 Å². The molecule has 1 atom stereocenters. The fraction of sp³-hybridized carbons (Fsp3) is 0.579. The highest BCUT2D eigenvalue weighted by Gasteiger charge is 2.43. The molecule has 2 aliphatic heterocycles. The number of nitrogens with zero attached hydrogens (tertiary/aromatic N) is 1. The summed E-state index contributed by atoms with van der Waals surface area (Å²) in [6, 6.07) is 6.48. The molecule has 142 valence electrons. The van der Waals surface area contributed by atoms with Gasteiger partial charge in [0.25, 0.3) is 0 Å². The second-order valence-corrected chi connectivity index (χ2v) is 7.41. The molecule has 0 aliphatic carbocycles. The summed E-state index contributed by atoms with van der Waals surface area (Å²) >= 11 is 0. The number of likely N-dealkylation sites (tertiary alicyclic amines) is 1. The molecule has 2 aliphatic rings. The van der Waals surface area contributed by atoms with Crippen molar-refractivity contribution >= 4 is 11.9 Å². The van der Waals surface area contributed by atoms with Crippen LogP contribution in [-0.4, -0.2) is 60.7 Å². The lowest BCUT2D eigenvalue weighted by Gasteiger charge is -2.39. The number of nitrogens with two attached hydrogens (primary N) is 1. The summed E-state index contributed by atoms with van der Waals surface area (Å²) < 4.78 is 5.71. The van der Waals surface area contributed by atoms with E-state index in [2.05, 4.69) is 10.2 Å². The number of amides is 1. The molecule has 2 heterocycles. The first-order valence-corrected chi connectivity index (χ1v) is 9.19. The molecule has 1 spiro atoms. The third-order valence-corrected chi connectivity index (χ3v) is 5.60. The molecule has 1 unspecified atom stereocenters. The van der Waals surface area contributed by atoms with E-state index in [4.69, 9.17) is 15.6 Å². The fourth-order valence-corrected chi connectivity index (χ4v) is 3.92. The number of carbonyl (C=O) groups excluding carboxylic acids is 1. The van der Waals surface area contributed by atoms with E-state index in [9.17, 15) is 9.59 Å². The summed E-state index contributed by atoms with van der Waals surface area (Å²) in [5.74, 6) is -0.429. The van der Waals surface area contributed by atoms with Crippen LogP contribution >= 0.6 is 0 Å². The Kier molecular flexibility index (Phi) is 5.78. The predicted molar refractivity (Wildman–Crippen MR) is 97.2 cm³/mol. The first-order valence-electron chi connectivity index (χ1n) is 9.19. The van der Waals surface area contributed by atoms with Gasteiger partial charge >= 0.3 is 5.97 Å². The van der Waals surface area contributed by atoms with Crippen molar-refractivity contribution < 1.29 is 19.4 Å². The van der Waals surface area contributed by atoms with Crippen molar-refractivity contribution in [3.8, 4) is 5.75 Å². The average Bonchev–Trinajstić information content (AvgIpc) is 3.05. The second kappa shape index (κ2) is 8.05. The summed E-state index contributed by atoms with van der Waals surface area (Å²) in [7, 11) is 0. The Hall–Kier alpha value is -2.12. The van der Waals surface area contributed by atoms with Gasteiger partial charge in [-0.05, 0) is 68.5 Å². The smallest absolute Gasteiger partial charge is 0.320 e. The minimum absolute atomic E-state index is 0.165. The number of carboxylic acids is 1. The Bertz CT molecular complexity index is 639. The van der Waals surface area contributed by atoms with Crippen molar-refractivity contribution in [2.75, 3.05) is 32.8 Å². The van der Waals surface area contributed by atoms with Gasteiger partial charge < -0.3 is 25.8 Å². The zero-order valence-corrected chi connectivity index (χ0v) is 14.9. The Balaban J connectivity index is 1.34. The average molecular weight is 361 g/mol. The highest BCUT2D eigenvalue weighted by molar-refractivity contribution is 5.92. The molecule has 7 heteroatoms. The number of hydrogen-bond donors (Lipinski definition) is 3. The maximum Gasteiger partial charge on any atom is 0.320 e. The van der Waals surface area contributed by atoms with E-state index >= 15 is 0 Å². The molecule has 26 heavy (non-hydrogen) atoms. The minimum atomic E-state index is -0.731. The third-order valence-electron chi connectivity index (χ3n) is 5.60. The summed E-state index contributed by atoms with van der Waals surface area (Å²) in [4.78, 5) is 24.6. The summed E-state index contributed by atoms with van der Waals surface area (Å²) in [5.41, 5.74) is 5.86. The van der Waals surface area contributed by atoms with Gasteiger partial charge in [0.1, 0.15) is 11.8 Å². The molecule has 1 aromatic rings. The Morgan fingerprint density at radius 3 is 2.54 bits per heavy atom. The third kappa shape index (κ3) is 4.53. The quantitative estimate of drug-likeness (QED) is 0.628. The van der Waals surface area contributed by atoms with Crippen molar-refractivity contribution in [3.05, 3.63) is 29.8 Å². The van der Waals surface area contributed by atoms with Gasteiger partial charge in [-0.3, -0.25) is 9.59 Å². The zero-order valence-electron chi connectivity index (χ0n) is 14.9. The standard InChI is InChI=1S/C19H27N3O4/c20-17(23)14-2-4-15(5-3-14)26-11-1-8-22-9-6-19(7-10-22)12-16(18(24)25)21-13-19/h2-5,16,21H,1,6-13H2,(H2,20,23)(H,24,25). The van der Waals surface area contributed by atoms with Crippen molar-refractivity contribution in [2.24, 2.45) is 11.1 Å². The predicted octanol–water partition coefficient (Wildman–Crippen LogP) is 1.08. The van der Waals surface area contributed by atoms with Crippen LogP contribution in [0.15, 0.2) is 24.3 Å². The van der Waals surface area contributed by atoms with E-state index in [1.54, 1.807) is 24.3 Å². The zero-order chi connectivity index (χ0) is 18.6. The fourth-order valence-electron chi connectivity index (χ4n) is 3.92. The summed E-state index contributed by atoms with van der Waals surface area (Å²) in [5, 5.41) is 12.3. The van der Waals surface area contributed by atoms with Gasteiger partial charge in [-0.2, -0.15) is 0 Å². The normalized spacial score (nSPS) is 22.4. The summed E-state index contributed by atoms with van der Waals surface area (Å²) in [6.07, 6.45) is 3.79. The summed E-state index contributed by atoms with van der Waals surface area (Å²) in [6.45, 7) is 4.45. The second-order valence-electron chi connectivity index (χ2n) is 7.41. The first-order chi connectivity index (χ1) is 12.5. The van der Waals surface area contributed by atoms with E-state index in [1.807, 2.05) is 0 Å². The Morgan fingerprint density at radius 1 is 1.27 bits per heavy atom. The molecular formula is C19H27N3O4. The van der Waals surface area contributed by atoms with Crippen LogP contribution in [0.25, 0.3) is 0 Å². The Labute approximate surface area is 153 Å². The van der Waals surface area contributed by atoms with Gasteiger partial charge in [0.05, 0.1) is 6.61 Å². The van der Waals surface area contributed by atoms with Gasteiger partial charge in [0.2, 0.25) is 5.91 Å². The molecule has 0 radical (unpaired) electrons. The van der Waals surface area contributed by atoms with Crippen LogP contribution in [-0.2, 0) is 4.79 Å². The van der Waals surface area contributed by atoms with Crippen LogP contribution in [0.1, 0.15) is 36.0 Å². The number of primary amides is 1. The van der Waals surface area contributed by atoms with E-state index < -0.39 is 11.9 Å². The molecule has 2 fully saturated rings. The van der Waals surface area contributed by atoms with Crippen LogP contribution in [0.2, 0.25) is 0 Å². The number of carbonyl (C=O) groups is 2. The number of piperidine rings is 1. The maximum absolute atomic E-state index is 11.1. The maximum atomic E-state index is 11.1. The number of ether oxygens (including phenoxy) is 1. The largest absolute Gasteiger partial charge is 0.494 e. The van der Waals surface area contributed by atoms with Gasteiger partial charge in [-0.15, -0.1) is 0 Å². The first kappa shape index (κ1) is 18.7. The number of aliphatic carboxylic acids is 1. The molecule has 0 saturated carbocycles. The molecule has 2 saturated heterocycles.